The molecule has 0 aromatic carbocycles. The molecule has 2 rings (SSSR count). The van der Waals surface area contributed by atoms with Crippen LogP contribution in [0.25, 0.3) is 0 Å². The molecule has 0 bridgehead atoms. The van der Waals surface area contributed by atoms with E-state index in [0.717, 1.165) is 31.1 Å². The number of carbonyl (C=O) groups is 1. The molecule has 0 radical (unpaired) electrons. The van der Waals surface area contributed by atoms with Gasteiger partial charge in [-0.1, -0.05) is 18.6 Å². The van der Waals surface area contributed by atoms with Crippen molar-refractivity contribution in [2.75, 3.05) is 0 Å². The summed E-state index contributed by atoms with van der Waals surface area (Å²) in [4.78, 5) is 11.9. The lowest BCUT2D eigenvalue weighted by Gasteiger charge is -2.52. The molecule has 2 fully saturated rings. The summed E-state index contributed by atoms with van der Waals surface area (Å²) >= 11 is 0. The van der Waals surface area contributed by atoms with Crippen molar-refractivity contribution < 1.29 is 14.3 Å². The first-order chi connectivity index (χ1) is 8.79. The van der Waals surface area contributed by atoms with Crippen LogP contribution >= 0.6 is 0 Å². The van der Waals surface area contributed by atoms with Crippen LogP contribution in [0.2, 0.25) is 19.6 Å². The quantitative estimate of drug-likeness (QED) is 0.492. The van der Waals surface area contributed by atoms with E-state index in [9.17, 15) is 9.90 Å². The average Bonchev–Trinajstić information content (AvgIpc) is 2.26. The maximum Gasteiger partial charge on any atom is 0.184 e. The fourth-order valence-electron chi connectivity index (χ4n) is 3.83. The van der Waals surface area contributed by atoms with E-state index >= 15 is 0 Å². The van der Waals surface area contributed by atoms with Gasteiger partial charge in [-0.25, -0.2) is 0 Å². The molecule has 0 saturated heterocycles. The van der Waals surface area contributed by atoms with Crippen LogP contribution < -0.4 is 0 Å². The van der Waals surface area contributed by atoms with Crippen molar-refractivity contribution in [2.24, 2.45) is 11.3 Å². The third kappa shape index (κ3) is 2.71. The fourth-order valence-corrected chi connectivity index (χ4v) is 5.00. The zero-order valence-corrected chi connectivity index (χ0v) is 13.3. The second-order valence-electron chi connectivity index (χ2n) is 7.09. The summed E-state index contributed by atoms with van der Waals surface area (Å²) < 4.78 is 6.31. The van der Waals surface area contributed by atoms with Crippen molar-refractivity contribution in [3.63, 3.8) is 0 Å². The van der Waals surface area contributed by atoms with Crippen LogP contribution in [-0.4, -0.2) is 31.9 Å². The van der Waals surface area contributed by atoms with Gasteiger partial charge in [0.2, 0.25) is 0 Å². The number of carbonyl (C=O) groups excluding carboxylic acids is 1. The van der Waals surface area contributed by atoms with E-state index in [4.69, 9.17) is 4.43 Å². The van der Waals surface area contributed by atoms with Crippen molar-refractivity contribution in [3.05, 3.63) is 12.2 Å². The van der Waals surface area contributed by atoms with Gasteiger partial charge in [-0.2, -0.15) is 0 Å². The minimum Gasteiger partial charge on any atom is -0.413 e. The minimum atomic E-state index is -1.69. The van der Waals surface area contributed by atoms with Crippen molar-refractivity contribution in [2.45, 2.75) is 64.0 Å². The maximum absolute atomic E-state index is 11.9. The second kappa shape index (κ2) is 5.15. The molecular weight excluding hydrogens is 256 g/mol. The molecule has 4 atom stereocenters. The highest BCUT2D eigenvalue weighted by Gasteiger charge is 2.54. The highest BCUT2D eigenvalue weighted by Crippen LogP contribution is 2.53. The SMILES string of the molecule is C=C1C[C@H](O)C[C@@H]2CCC[C@H](O[Si](C)(C)C)[C@@]12C=O. The number of aldehydes is 1. The van der Waals surface area contributed by atoms with Crippen molar-refractivity contribution >= 4 is 14.6 Å². The van der Waals surface area contributed by atoms with E-state index in [1.54, 1.807) is 0 Å². The average molecular weight is 282 g/mol. The minimum absolute atomic E-state index is 0.0320. The summed E-state index contributed by atoms with van der Waals surface area (Å²) in [5.41, 5.74) is 0.340. The number of hydrogen-bond donors (Lipinski definition) is 1. The molecule has 0 heterocycles. The summed E-state index contributed by atoms with van der Waals surface area (Å²) in [6.07, 6.45) is 4.98. The lowest BCUT2D eigenvalue weighted by atomic mass is 9.56. The molecule has 0 aliphatic heterocycles. The van der Waals surface area contributed by atoms with Gasteiger partial charge in [0.1, 0.15) is 6.29 Å². The van der Waals surface area contributed by atoms with Crippen molar-refractivity contribution in [1.29, 1.82) is 0 Å². The van der Waals surface area contributed by atoms with E-state index < -0.39 is 13.7 Å². The Morgan fingerprint density at radius 2 is 2.11 bits per heavy atom. The molecule has 1 N–H and O–H groups in total. The normalized spacial score (nSPS) is 39.8. The van der Waals surface area contributed by atoms with E-state index in [1.807, 2.05) is 0 Å². The van der Waals surface area contributed by atoms with Crippen molar-refractivity contribution in [3.8, 4) is 0 Å². The Morgan fingerprint density at radius 3 is 2.68 bits per heavy atom. The van der Waals surface area contributed by atoms with Gasteiger partial charge < -0.3 is 14.3 Å². The molecule has 2 aliphatic rings. The first-order valence-corrected chi connectivity index (χ1v) is 10.7. The highest BCUT2D eigenvalue weighted by molar-refractivity contribution is 6.69. The molecule has 0 unspecified atom stereocenters. The van der Waals surface area contributed by atoms with Gasteiger partial charge in [-0.3, -0.25) is 0 Å². The molecule has 19 heavy (non-hydrogen) atoms. The molecular formula is C15H26O3Si. The molecule has 3 nitrogen and oxygen atoms in total. The standard InChI is InChI=1S/C15H26O3Si/c1-11-8-13(17)9-12-6-5-7-14(15(11,12)10-16)18-19(2,3)4/h10,12-14,17H,1,5-9H2,2-4H3/t12-,13-,14-,15-/m0/s1. The van der Waals surface area contributed by atoms with Crippen molar-refractivity contribution in [1.82, 2.24) is 0 Å². The van der Waals surface area contributed by atoms with Crippen LogP contribution in [0.3, 0.4) is 0 Å². The zero-order chi connectivity index (χ0) is 14.3. The predicted molar refractivity (Wildman–Crippen MR) is 78.4 cm³/mol. The topological polar surface area (TPSA) is 46.5 Å². The van der Waals surface area contributed by atoms with Crippen LogP contribution in [0, 0.1) is 11.3 Å². The summed E-state index contributed by atoms with van der Waals surface area (Å²) in [5.74, 6) is 0.205. The number of fused-ring (bicyclic) bond motifs is 1. The van der Waals surface area contributed by atoms with Crippen LogP contribution in [-0.2, 0) is 9.22 Å². The first kappa shape index (κ1) is 14.9. The Hall–Kier alpha value is -0.453. The number of hydrogen-bond acceptors (Lipinski definition) is 3. The maximum atomic E-state index is 11.9. The Labute approximate surface area is 117 Å². The van der Waals surface area contributed by atoms with E-state index in [0.29, 0.717) is 12.8 Å². The molecule has 0 aromatic heterocycles. The summed E-state index contributed by atoms with van der Waals surface area (Å²) in [5, 5.41) is 9.94. The Kier molecular flexibility index (Phi) is 4.05. The van der Waals surface area contributed by atoms with Gasteiger partial charge in [0.05, 0.1) is 17.6 Å². The Bertz CT molecular complexity index is 374. The molecule has 0 aromatic rings. The van der Waals surface area contributed by atoms with Gasteiger partial charge in [0.15, 0.2) is 8.32 Å². The zero-order valence-electron chi connectivity index (χ0n) is 12.3. The van der Waals surface area contributed by atoms with Gasteiger partial charge >= 0.3 is 0 Å². The summed E-state index contributed by atoms with van der Waals surface area (Å²) in [6, 6.07) is 0. The second-order valence-corrected chi connectivity index (χ2v) is 11.6. The Balaban J connectivity index is 2.33. The molecule has 0 spiro atoms. The van der Waals surface area contributed by atoms with E-state index in [-0.39, 0.29) is 18.1 Å². The van der Waals surface area contributed by atoms with Crippen LogP contribution in [0.5, 0.6) is 0 Å². The number of aliphatic hydroxyl groups is 1. The lowest BCUT2D eigenvalue weighted by Crippen LogP contribution is -2.55. The summed E-state index contributed by atoms with van der Waals surface area (Å²) in [6.45, 7) is 10.6. The van der Waals surface area contributed by atoms with Crippen LogP contribution in [0.4, 0.5) is 0 Å². The van der Waals surface area contributed by atoms with Gasteiger partial charge in [0.25, 0.3) is 0 Å². The van der Waals surface area contributed by atoms with E-state index in [1.165, 1.54) is 0 Å². The third-order valence-corrected chi connectivity index (χ3v) is 5.56. The molecule has 4 heteroatoms. The molecule has 2 saturated carbocycles. The Morgan fingerprint density at radius 1 is 1.42 bits per heavy atom. The van der Waals surface area contributed by atoms with Gasteiger partial charge in [0, 0.05) is 0 Å². The molecule has 2 aliphatic carbocycles. The monoisotopic (exact) mass is 282 g/mol. The predicted octanol–water partition coefficient (Wildman–Crippen LogP) is 2.90. The van der Waals surface area contributed by atoms with Gasteiger partial charge in [-0.05, 0) is 51.2 Å². The lowest BCUT2D eigenvalue weighted by molar-refractivity contribution is -0.130. The third-order valence-electron chi connectivity index (χ3n) is 4.57. The number of aliphatic hydroxyl groups excluding tert-OH is 1. The van der Waals surface area contributed by atoms with Gasteiger partial charge in [-0.15, -0.1) is 0 Å². The molecule has 0 amide bonds. The largest absolute Gasteiger partial charge is 0.413 e. The summed E-state index contributed by atoms with van der Waals surface area (Å²) in [7, 11) is -1.69. The van der Waals surface area contributed by atoms with E-state index in [2.05, 4.69) is 26.2 Å². The fraction of sp³-hybridized carbons (Fsp3) is 0.800. The smallest absolute Gasteiger partial charge is 0.184 e. The highest BCUT2D eigenvalue weighted by atomic mass is 28.4. The first-order valence-electron chi connectivity index (χ1n) is 7.30. The number of rotatable bonds is 3. The molecule has 108 valence electrons. The van der Waals surface area contributed by atoms with Crippen LogP contribution in [0.1, 0.15) is 32.1 Å². The van der Waals surface area contributed by atoms with Crippen LogP contribution in [0.15, 0.2) is 12.2 Å².